The van der Waals surface area contributed by atoms with Gasteiger partial charge >= 0.3 is 0 Å². The van der Waals surface area contributed by atoms with Crippen LogP contribution >= 0.6 is 0 Å². The second-order valence-electron chi connectivity index (χ2n) is 7.10. The van der Waals surface area contributed by atoms with Crippen molar-refractivity contribution in [2.45, 2.75) is 33.4 Å². The molecule has 0 N–H and O–H groups in total. The van der Waals surface area contributed by atoms with E-state index in [2.05, 4.69) is 5.16 Å². The van der Waals surface area contributed by atoms with Crippen LogP contribution in [0, 0.1) is 19.7 Å². The van der Waals surface area contributed by atoms with Gasteiger partial charge in [0.2, 0.25) is 0 Å². The van der Waals surface area contributed by atoms with Gasteiger partial charge in [-0.1, -0.05) is 17.3 Å². The van der Waals surface area contributed by atoms with Crippen molar-refractivity contribution in [2.24, 2.45) is 0 Å². The number of methoxy groups -OCH3 is 1. The van der Waals surface area contributed by atoms with E-state index in [1.807, 2.05) is 20.8 Å². The number of nitrogens with zero attached hydrogens (tertiary/aromatic N) is 2. The first kappa shape index (κ1) is 21.4. The number of halogens is 1. The highest BCUT2D eigenvalue weighted by Gasteiger charge is 2.21. The second-order valence-corrected chi connectivity index (χ2v) is 7.10. The summed E-state index contributed by atoms with van der Waals surface area (Å²) in [6.45, 7) is 5.86. The molecule has 3 rings (SSSR count). The lowest BCUT2D eigenvalue weighted by Gasteiger charge is -2.26. The molecule has 0 unspecified atom stereocenters. The number of aryl methyl sites for hydroxylation is 2. The number of hydrogen-bond donors (Lipinski definition) is 0. The zero-order chi connectivity index (χ0) is 21.8. The van der Waals surface area contributed by atoms with Gasteiger partial charge in [-0.15, -0.1) is 0 Å². The molecule has 7 heteroatoms. The fourth-order valence-corrected chi connectivity index (χ4v) is 3.12. The number of benzene rings is 2. The second kappa shape index (κ2) is 8.98. The van der Waals surface area contributed by atoms with Crippen molar-refractivity contribution >= 4 is 5.91 Å². The average Bonchev–Trinajstić information content (AvgIpc) is 3.08. The quantitative estimate of drug-likeness (QED) is 0.555. The first-order valence-electron chi connectivity index (χ1n) is 9.57. The molecule has 30 heavy (non-hydrogen) atoms. The smallest absolute Gasteiger partial charge is 0.254 e. The van der Waals surface area contributed by atoms with Crippen LogP contribution in [0.2, 0.25) is 0 Å². The lowest BCUT2D eigenvalue weighted by atomic mass is 10.1. The highest BCUT2D eigenvalue weighted by atomic mass is 19.1. The van der Waals surface area contributed by atoms with Crippen molar-refractivity contribution in [3.05, 3.63) is 76.4 Å². The normalized spacial score (nSPS) is 11.8. The van der Waals surface area contributed by atoms with Crippen LogP contribution in [0.15, 0.2) is 47.0 Å². The molecule has 0 aliphatic rings. The molecule has 158 valence electrons. The summed E-state index contributed by atoms with van der Waals surface area (Å²) in [7, 11) is 3.24. The number of ether oxygens (including phenoxy) is 2. The third kappa shape index (κ3) is 4.45. The molecule has 0 bridgehead atoms. The fraction of sp³-hybridized carbons (Fsp3) is 0.304. The van der Waals surface area contributed by atoms with Crippen LogP contribution in [0.25, 0.3) is 0 Å². The third-order valence-electron chi connectivity index (χ3n) is 5.22. The zero-order valence-electron chi connectivity index (χ0n) is 17.7. The molecule has 1 atom stereocenters. The highest BCUT2D eigenvalue weighted by Crippen LogP contribution is 2.31. The predicted molar refractivity (Wildman–Crippen MR) is 110 cm³/mol. The minimum atomic E-state index is -0.308. The molecule has 1 aromatic heterocycles. The lowest BCUT2D eigenvalue weighted by Crippen LogP contribution is -2.29. The third-order valence-corrected chi connectivity index (χ3v) is 5.22. The van der Waals surface area contributed by atoms with E-state index in [1.54, 1.807) is 42.3 Å². The summed E-state index contributed by atoms with van der Waals surface area (Å²) in [5.74, 6) is 1.19. The van der Waals surface area contributed by atoms with Crippen molar-refractivity contribution in [2.75, 3.05) is 14.2 Å². The number of aromatic nitrogens is 1. The van der Waals surface area contributed by atoms with Crippen LogP contribution in [0.5, 0.6) is 11.5 Å². The van der Waals surface area contributed by atoms with Gasteiger partial charge in [0, 0.05) is 12.6 Å². The number of hydrogen-bond acceptors (Lipinski definition) is 5. The Morgan fingerprint density at radius 1 is 1.17 bits per heavy atom. The van der Waals surface area contributed by atoms with Crippen LogP contribution in [-0.4, -0.2) is 30.1 Å². The Kier molecular flexibility index (Phi) is 6.40. The zero-order valence-corrected chi connectivity index (χ0v) is 17.7. The van der Waals surface area contributed by atoms with Gasteiger partial charge in [-0.25, -0.2) is 4.39 Å². The largest absolute Gasteiger partial charge is 0.493 e. The van der Waals surface area contributed by atoms with Gasteiger partial charge in [0.05, 0.1) is 24.4 Å². The maximum atomic E-state index is 13.2. The first-order valence-corrected chi connectivity index (χ1v) is 9.57. The summed E-state index contributed by atoms with van der Waals surface area (Å²) in [6.07, 6.45) is 0. The summed E-state index contributed by atoms with van der Waals surface area (Å²) >= 11 is 0. The molecule has 6 nitrogen and oxygen atoms in total. The standard InChI is InChI=1S/C23H25FN2O4/c1-14-20(16(3)30-25-14)13-29-21-11-8-18(12-22(21)28-5)23(27)26(4)15(2)17-6-9-19(24)10-7-17/h6-12,15H,13H2,1-5H3/t15-/m1/s1. The number of carbonyl (C=O) groups is 1. The number of amides is 1. The summed E-state index contributed by atoms with van der Waals surface area (Å²) in [5, 5.41) is 3.92. The van der Waals surface area contributed by atoms with Gasteiger partial charge in [0.25, 0.3) is 5.91 Å². The molecule has 0 radical (unpaired) electrons. The Morgan fingerprint density at radius 2 is 1.87 bits per heavy atom. The molecular weight excluding hydrogens is 387 g/mol. The molecule has 0 saturated heterocycles. The van der Waals surface area contributed by atoms with Crippen LogP contribution in [0.1, 0.15) is 45.9 Å². The van der Waals surface area contributed by atoms with Crippen LogP contribution in [0.4, 0.5) is 4.39 Å². The van der Waals surface area contributed by atoms with Crippen LogP contribution in [0.3, 0.4) is 0 Å². The predicted octanol–water partition coefficient (Wildman–Crippen LogP) is 4.85. The Hall–Kier alpha value is -3.35. The van der Waals surface area contributed by atoms with Crippen LogP contribution in [-0.2, 0) is 6.61 Å². The number of rotatable bonds is 7. The van der Waals surface area contributed by atoms with E-state index in [-0.39, 0.29) is 24.4 Å². The molecule has 0 fully saturated rings. The van der Waals surface area contributed by atoms with Gasteiger partial charge in [-0.05, 0) is 56.7 Å². The van der Waals surface area contributed by atoms with Crippen molar-refractivity contribution in [3.63, 3.8) is 0 Å². The Morgan fingerprint density at radius 3 is 2.47 bits per heavy atom. The molecule has 0 spiro atoms. The Balaban J connectivity index is 1.75. The van der Waals surface area contributed by atoms with E-state index >= 15 is 0 Å². The van der Waals surface area contributed by atoms with Gasteiger partial charge in [0.15, 0.2) is 11.5 Å². The summed E-state index contributed by atoms with van der Waals surface area (Å²) < 4.78 is 29.6. The first-order chi connectivity index (χ1) is 14.3. The van der Waals surface area contributed by atoms with Crippen molar-refractivity contribution < 1.29 is 23.2 Å². The molecule has 3 aromatic rings. The Bertz CT molecular complexity index is 1010. The van der Waals surface area contributed by atoms with E-state index in [1.165, 1.54) is 19.2 Å². The topological polar surface area (TPSA) is 64.8 Å². The van der Waals surface area contributed by atoms with Crippen molar-refractivity contribution in [1.29, 1.82) is 0 Å². The summed E-state index contributed by atoms with van der Waals surface area (Å²) in [4.78, 5) is 14.6. The lowest BCUT2D eigenvalue weighted by molar-refractivity contribution is 0.0742. The molecule has 0 saturated carbocycles. The monoisotopic (exact) mass is 412 g/mol. The van der Waals surface area contributed by atoms with E-state index in [4.69, 9.17) is 14.0 Å². The van der Waals surface area contributed by atoms with E-state index in [0.29, 0.717) is 22.8 Å². The number of carbonyl (C=O) groups excluding carboxylic acids is 1. The van der Waals surface area contributed by atoms with Gasteiger partial charge in [-0.2, -0.15) is 0 Å². The average molecular weight is 412 g/mol. The molecule has 1 amide bonds. The minimum absolute atomic E-state index is 0.178. The Labute approximate surface area is 175 Å². The van der Waals surface area contributed by atoms with Crippen molar-refractivity contribution in [1.82, 2.24) is 10.1 Å². The molecular formula is C23H25FN2O4. The van der Waals surface area contributed by atoms with E-state index in [0.717, 1.165) is 16.8 Å². The van der Waals surface area contributed by atoms with Crippen molar-refractivity contribution in [3.8, 4) is 11.5 Å². The van der Waals surface area contributed by atoms with Crippen LogP contribution < -0.4 is 9.47 Å². The molecule has 0 aliphatic heterocycles. The maximum Gasteiger partial charge on any atom is 0.254 e. The SMILES string of the molecule is COc1cc(C(=O)N(C)[C@H](C)c2ccc(F)cc2)ccc1OCc1c(C)noc1C. The molecule has 1 heterocycles. The highest BCUT2D eigenvalue weighted by molar-refractivity contribution is 5.95. The minimum Gasteiger partial charge on any atom is -0.493 e. The van der Waals surface area contributed by atoms with Gasteiger partial charge in [0.1, 0.15) is 18.2 Å². The summed E-state index contributed by atoms with van der Waals surface area (Å²) in [6, 6.07) is 11.0. The van der Waals surface area contributed by atoms with E-state index in [9.17, 15) is 9.18 Å². The molecule has 0 aliphatic carbocycles. The van der Waals surface area contributed by atoms with Gasteiger partial charge < -0.3 is 18.9 Å². The van der Waals surface area contributed by atoms with E-state index < -0.39 is 0 Å². The fourth-order valence-electron chi connectivity index (χ4n) is 3.12. The molecule has 2 aromatic carbocycles. The van der Waals surface area contributed by atoms with Gasteiger partial charge in [-0.3, -0.25) is 4.79 Å². The maximum absolute atomic E-state index is 13.2. The summed E-state index contributed by atoms with van der Waals surface area (Å²) in [5.41, 5.74) is 2.96.